The summed E-state index contributed by atoms with van der Waals surface area (Å²) in [6, 6.07) is -1.90. The first-order valence-electron chi connectivity index (χ1n) is 14.0. The molecule has 0 radical (unpaired) electrons. The van der Waals surface area contributed by atoms with Gasteiger partial charge in [0.05, 0.1) is 18.0 Å². The van der Waals surface area contributed by atoms with E-state index in [9.17, 15) is 28.8 Å². The van der Waals surface area contributed by atoms with Crippen molar-refractivity contribution in [2.75, 3.05) is 0 Å². The molecule has 0 saturated carbocycles. The molecule has 0 saturated heterocycles. The third kappa shape index (κ3) is 13.6. The van der Waals surface area contributed by atoms with Crippen LogP contribution in [0.1, 0.15) is 122 Å². The van der Waals surface area contributed by atoms with E-state index in [0.717, 1.165) is 0 Å². The van der Waals surface area contributed by atoms with E-state index in [1.807, 2.05) is 20.8 Å². The molecule has 0 aliphatic carbocycles. The zero-order chi connectivity index (χ0) is 31.1. The van der Waals surface area contributed by atoms with Crippen LogP contribution in [0.3, 0.4) is 0 Å². The molecule has 0 aromatic heterocycles. The molecule has 0 fully saturated rings. The van der Waals surface area contributed by atoms with E-state index in [0.29, 0.717) is 0 Å². The summed E-state index contributed by atoms with van der Waals surface area (Å²) in [6.45, 7) is 23.0. The Morgan fingerprint density at radius 1 is 0.590 bits per heavy atom. The Balaban J connectivity index is 6.31. The third-order valence-electron chi connectivity index (χ3n) is 6.51. The monoisotopic (exact) mass is 550 g/mol. The van der Waals surface area contributed by atoms with E-state index in [1.54, 1.807) is 69.2 Å². The summed E-state index contributed by atoms with van der Waals surface area (Å²) in [6.07, 6.45) is -0.394. The number of carbonyl (C=O) groups is 6. The van der Waals surface area contributed by atoms with Gasteiger partial charge in [0.15, 0.2) is 11.6 Å². The van der Waals surface area contributed by atoms with Crippen molar-refractivity contribution in [1.29, 1.82) is 0 Å². The molecule has 8 nitrogen and oxygen atoms in total. The summed E-state index contributed by atoms with van der Waals surface area (Å²) >= 11 is 0. The summed E-state index contributed by atoms with van der Waals surface area (Å²) < 4.78 is 0. The van der Waals surface area contributed by atoms with Crippen molar-refractivity contribution in [3.8, 4) is 0 Å². The van der Waals surface area contributed by atoms with Crippen LogP contribution in [-0.2, 0) is 28.8 Å². The van der Waals surface area contributed by atoms with Gasteiger partial charge in [-0.25, -0.2) is 0 Å². The number of amides is 1. The maximum absolute atomic E-state index is 13.6. The van der Waals surface area contributed by atoms with Crippen molar-refractivity contribution >= 4 is 34.8 Å². The maximum Gasteiger partial charge on any atom is 0.224 e. The molecular weight excluding hydrogens is 496 g/mol. The minimum Gasteiger partial charge on any atom is -0.346 e. The van der Waals surface area contributed by atoms with E-state index < -0.39 is 45.7 Å². The number of rotatable bonds is 14. The molecule has 224 valence electrons. The van der Waals surface area contributed by atoms with Crippen molar-refractivity contribution < 1.29 is 28.8 Å². The Hall–Kier alpha value is -2.22. The van der Waals surface area contributed by atoms with Crippen molar-refractivity contribution in [3.05, 3.63) is 0 Å². The van der Waals surface area contributed by atoms with Crippen LogP contribution in [0.15, 0.2) is 0 Å². The first kappa shape index (κ1) is 36.8. The van der Waals surface area contributed by atoms with Gasteiger partial charge in [0.25, 0.3) is 0 Å². The van der Waals surface area contributed by atoms with Crippen LogP contribution in [0.5, 0.6) is 0 Å². The SMILES string of the molecule is CCC(=O)CC(NC(C)(C)C)C(=O)CC(CC(=O)C(C)(C)C)C(=O)NC(CC(=O)C(C)(C)C)C(=O)C(C)(C)C. The number of hydrogen-bond acceptors (Lipinski definition) is 7. The second kappa shape index (κ2) is 13.9. The average molecular weight is 551 g/mol. The molecule has 2 N–H and O–H groups in total. The zero-order valence-corrected chi connectivity index (χ0v) is 26.7. The smallest absolute Gasteiger partial charge is 0.224 e. The van der Waals surface area contributed by atoms with Crippen LogP contribution in [-0.4, -0.2) is 52.4 Å². The van der Waals surface area contributed by atoms with Crippen molar-refractivity contribution in [1.82, 2.24) is 10.6 Å². The Morgan fingerprint density at radius 3 is 1.44 bits per heavy atom. The van der Waals surface area contributed by atoms with Crippen LogP contribution in [0.2, 0.25) is 0 Å². The molecule has 0 rings (SSSR count). The largest absolute Gasteiger partial charge is 0.346 e. The van der Waals surface area contributed by atoms with Gasteiger partial charge < -0.3 is 10.6 Å². The van der Waals surface area contributed by atoms with Gasteiger partial charge in [-0.15, -0.1) is 0 Å². The van der Waals surface area contributed by atoms with Gasteiger partial charge in [0, 0.05) is 53.9 Å². The first-order valence-corrected chi connectivity index (χ1v) is 14.0. The van der Waals surface area contributed by atoms with Gasteiger partial charge in [-0.2, -0.15) is 0 Å². The third-order valence-corrected chi connectivity index (χ3v) is 6.51. The van der Waals surface area contributed by atoms with E-state index in [1.165, 1.54) is 0 Å². The molecule has 1 amide bonds. The second-order valence-corrected chi connectivity index (χ2v) is 14.8. The predicted molar refractivity (Wildman–Crippen MR) is 154 cm³/mol. The molecule has 3 unspecified atom stereocenters. The molecule has 0 aliphatic rings. The van der Waals surface area contributed by atoms with E-state index in [2.05, 4.69) is 10.6 Å². The van der Waals surface area contributed by atoms with E-state index >= 15 is 0 Å². The fraction of sp³-hybridized carbons (Fsp3) is 0.806. The first-order chi connectivity index (χ1) is 17.3. The van der Waals surface area contributed by atoms with Gasteiger partial charge in [0.1, 0.15) is 17.3 Å². The highest BCUT2D eigenvalue weighted by Crippen LogP contribution is 2.26. The molecule has 0 bridgehead atoms. The second-order valence-electron chi connectivity index (χ2n) is 14.8. The summed E-state index contributed by atoms with van der Waals surface area (Å²) in [7, 11) is 0. The molecule has 0 aromatic carbocycles. The van der Waals surface area contributed by atoms with Crippen LogP contribution in [0.4, 0.5) is 0 Å². The number of ketones is 5. The predicted octanol–water partition coefficient (Wildman–Crippen LogP) is 4.80. The molecule has 0 spiro atoms. The van der Waals surface area contributed by atoms with E-state index in [-0.39, 0.29) is 61.0 Å². The minimum atomic E-state index is -1.09. The summed E-state index contributed by atoms with van der Waals surface area (Å²) in [4.78, 5) is 78.5. The van der Waals surface area contributed by atoms with Gasteiger partial charge in [0.2, 0.25) is 5.91 Å². The molecule has 0 aliphatic heterocycles. The summed E-state index contributed by atoms with van der Waals surface area (Å²) in [5.74, 6) is -2.80. The lowest BCUT2D eigenvalue weighted by Gasteiger charge is -2.30. The van der Waals surface area contributed by atoms with Gasteiger partial charge in [-0.3, -0.25) is 28.8 Å². The van der Waals surface area contributed by atoms with Crippen molar-refractivity contribution in [2.24, 2.45) is 22.2 Å². The fourth-order valence-corrected chi connectivity index (χ4v) is 3.83. The molecule has 0 heterocycles. The number of nitrogens with one attached hydrogen (secondary N) is 2. The van der Waals surface area contributed by atoms with Crippen LogP contribution in [0, 0.1) is 22.2 Å². The lowest BCUT2D eigenvalue weighted by Crippen LogP contribution is -2.51. The highest BCUT2D eigenvalue weighted by molar-refractivity contribution is 6.00. The highest BCUT2D eigenvalue weighted by Gasteiger charge is 2.38. The van der Waals surface area contributed by atoms with Crippen LogP contribution >= 0.6 is 0 Å². The summed E-state index contributed by atoms with van der Waals surface area (Å²) in [5.41, 5.74) is -2.75. The zero-order valence-electron chi connectivity index (χ0n) is 26.7. The molecule has 0 aromatic rings. The van der Waals surface area contributed by atoms with Crippen LogP contribution in [0.25, 0.3) is 0 Å². The van der Waals surface area contributed by atoms with Gasteiger partial charge in [-0.05, 0) is 20.8 Å². The van der Waals surface area contributed by atoms with Gasteiger partial charge >= 0.3 is 0 Å². The standard InChI is InChI=1S/C31H54N2O6/c1-14-20(34)17-21(33-31(11,12)13)23(35)15-19(16-24(36)28(2,3)4)27(39)32-22(26(38)30(8,9)10)18-25(37)29(5,6)7/h19,21-22,33H,14-18H2,1-13H3,(H,32,39). The topological polar surface area (TPSA) is 126 Å². The minimum absolute atomic E-state index is 0.0145. The summed E-state index contributed by atoms with van der Waals surface area (Å²) in [5, 5.41) is 5.91. The van der Waals surface area contributed by atoms with Crippen molar-refractivity contribution in [2.45, 2.75) is 140 Å². The Labute approximate surface area is 236 Å². The van der Waals surface area contributed by atoms with Crippen LogP contribution < -0.4 is 10.6 Å². The maximum atomic E-state index is 13.6. The Bertz CT molecular complexity index is 923. The number of carbonyl (C=O) groups excluding carboxylic acids is 6. The molecule has 8 heteroatoms. The lowest BCUT2D eigenvalue weighted by molar-refractivity contribution is -0.139. The molecular formula is C31H54N2O6. The molecule has 39 heavy (non-hydrogen) atoms. The molecule has 3 atom stereocenters. The van der Waals surface area contributed by atoms with Crippen molar-refractivity contribution in [3.63, 3.8) is 0 Å². The number of hydrogen-bond donors (Lipinski definition) is 2. The normalized spacial score (nSPS) is 15.2. The quantitative estimate of drug-likeness (QED) is 0.318. The lowest BCUT2D eigenvalue weighted by atomic mass is 9.80. The van der Waals surface area contributed by atoms with Gasteiger partial charge in [-0.1, -0.05) is 69.2 Å². The Kier molecular flexibility index (Phi) is 13.1. The number of Topliss-reactive ketones (excluding diaryl/α,β-unsaturated/α-hetero) is 5. The average Bonchev–Trinajstić information content (AvgIpc) is 2.73. The Morgan fingerprint density at radius 2 is 1.05 bits per heavy atom. The van der Waals surface area contributed by atoms with E-state index in [4.69, 9.17) is 0 Å². The highest BCUT2D eigenvalue weighted by atomic mass is 16.2. The fourth-order valence-electron chi connectivity index (χ4n) is 3.83.